The lowest BCUT2D eigenvalue weighted by molar-refractivity contribution is -0.121. The van der Waals surface area contributed by atoms with Crippen LogP contribution in [0.1, 0.15) is 58.8 Å². The number of piperidine rings is 1. The maximum Gasteiger partial charge on any atom is 0.220 e. The largest absolute Gasteiger partial charge is 0.356 e. The van der Waals surface area contributed by atoms with Gasteiger partial charge in [-0.2, -0.15) is 0 Å². The standard InChI is InChI=1S/C17H35N3O/c1-3-16(7-10-18)5-6-17(21)19-11-4-12-20-13-8-15(2)9-14-20/h15-16H,3-14,18H2,1-2H3,(H,19,21). The lowest BCUT2D eigenvalue weighted by Crippen LogP contribution is -2.35. The van der Waals surface area contributed by atoms with Crippen LogP contribution in [-0.4, -0.2) is 43.5 Å². The van der Waals surface area contributed by atoms with Crippen molar-refractivity contribution in [3.63, 3.8) is 0 Å². The van der Waals surface area contributed by atoms with Crippen LogP contribution >= 0.6 is 0 Å². The third-order valence-electron chi connectivity index (χ3n) is 4.78. The molecule has 1 rings (SSSR count). The molecule has 21 heavy (non-hydrogen) atoms. The van der Waals surface area contributed by atoms with Crippen molar-refractivity contribution in [2.75, 3.05) is 32.7 Å². The Morgan fingerprint density at radius 2 is 2.05 bits per heavy atom. The average molecular weight is 297 g/mol. The first kappa shape index (κ1) is 18.4. The number of hydrogen-bond donors (Lipinski definition) is 2. The molecule has 1 aliphatic heterocycles. The van der Waals surface area contributed by atoms with E-state index in [1.54, 1.807) is 0 Å². The number of amides is 1. The molecule has 0 aromatic heterocycles. The van der Waals surface area contributed by atoms with Crippen molar-refractivity contribution in [3.8, 4) is 0 Å². The second-order valence-corrected chi connectivity index (χ2v) is 6.62. The van der Waals surface area contributed by atoms with Crippen LogP contribution < -0.4 is 11.1 Å². The average Bonchev–Trinajstić information content (AvgIpc) is 2.49. The molecule has 124 valence electrons. The van der Waals surface area contributed by atoms with E-state index in [1.807, 2.05) is 0 Å². The van der Waals surface area contributed by atoms with Crippen molar-refractivity contribution in [1.82, 2.24) is 10.2 Å². The number of hydrogen-bond acceptors (Lipinski definition) is 3. The van der Waals surface area contributed by atoms with Crippen LogP contribution in [0.2, 0.25) is 0 Å². The maximum atomic E-state index is 11.8. The van der Waals surface area contributed by atoms with Gasteiger partial charge in [-0.25, -0.2) is 0 Å². The molecule has 1 amide bonds. The number of carbonyl (C=O) groups is 1. The highest BCUT2D eigenvalue weighted by Crippen LogP contribution is 2.16. The topological polar surface area (TPSA) is 58.4 Å². The Morgan fingerprint density at radius 3 is 2.67 bits per heavy atom. The van der Waals surface area contributed by atoms with Crippen LogP contribution in [0.25, 0.3) is 0 Å². The van der Waals surface area contributed by atoms with Crippen LogP contribution in [0.4, 0.5) is 0 Å². The molecule has 0 aromatic carbocycles. The number of nitrogens with one attached hydrogen (secondary N) is 1. The molecule has 1 saturated heterocycles. The molecule has 1 unspecified atom stereocenters. The highest BCUT2D eigenvalue weighted by Gasteiger charge is 2.15. The number of rotatable bonds is 10. The van der Waals surface area contributed by atoms with Crippen LogP contribution in [0.5, 0.6) is 0 Å². The summed E-state index contributed by atoms with van der Waals surface area (Å²) in [6.45, 7) is 9.65. The Morgan fingerprint density at radius 1 is 1.33 bits per heavy atom. The summed E-state index contributed by atoms with van der Waals surface area (Å²) in [6.07, 6.45) is 7.51. The number of nitrogens with zero attached hydrogens (tertiary/aromatic N) is 1. The van der Waals surface area contributed by atoms with E-state index in [9.17, 15) is 4.79 Å². The van der Waals surface area contributed by atoms with E-state index in [1.165, 1.54) is 25.9 Å². The van der Waals surface area contributed by atoms with Crippen molar-refractivity contribution in [1.29, 1.82) is 0 Å². The molecule has 1 aliphatic rings. The minimum absolute atomic E-state index is 0.206. The van der Waals surface area contributed by atoms with Gasteiger partial charge in [-0.05, 0) is 70.1 Å². The fraction of sp³-hybridized carbons (Fsp3) is 0.941. The van der Waals surface area contributed by atoms with Gasteiger partial charge >= 0.3 is 0 Å². The van der Waals surface area contributed by atoms with Crippen LogP contribution in [0.3, 0.4) is 0 Å². The highest BCUT2D eigenvalue weighted by molar-refractivity contribution is 5.75. The van der Waals surface area contributed by atoms with E-state index in [4.69, 9.17) is 5.73 Å². The molecule has 1 atom stereocenters. The first-order chi connectivity index (χ1) is 10.2. The van der Waals surface area contributed by atoms with Crippen molar-refractivity contribution < 1.29 is 4.79 Å². The van der Waals surface area contributed by atoms with Crippen molar-refractivity contribution in [2.45, 2.75) is 58.8 Å². The van der Waals surface area contributed by atoms with Crippen LogP contribution in [-0.2, 0) is 4.79 Å². The third-order valence-corrected chi connectivity index (χ3v) is 4.78. The Hall–Kier alpha value is -0.610. The zero-order chi connectivity index (χ0) is 15.5. The van der Waals surface area contributed by atoms with E-state index in [0.29, 0.717) is 12.3 Å². The highest BCUT2D eigenvalue weighted by atomic mass is 16.1. The minimum Gasteiger partial charge on any atom is -0.356 e. The van der Waals surface area contributed by atoms with Gasteiger partial charge in [0.1, 0.15) is 0 Å². The molecule has 0 spiro atoms. The Labute approximate surface area is 130 Å². The summed E-state index contributed by atoms with van der Waals surface area (Å²) in [4.78, 5) is 14.3. The van der Waals surface area contributed by atoms with Gasteiger partial charge in [0.15, 0.2) is 0 Å². The Balaban J connectivity index is 2.00. The van der Waals surface area contributed by atoms with Gasteiger partial charge < -0.3 is 16.0 Å². The minimum atomic E-state index is 0.206. The second kappa shape index (κ2) is 11.0. The first-order valence-corrected chi connectivity index (χ1v) is 8.84. The van der Waals surface area contributed by atoms with Crippen LogP contribution in [0, 0.1) is 11.8 Å². The summed E-state index contributed by atoms with van der Waals surface area (Å²) in [5.41, 5.74) is 5.58. The molecule has 1 fully saturated rings. The van der Waals surface area contributed by atoms with E-state index in [2.05, 4.69) is 24.1 Å². The predicted octanol–water partition coefficient (Wildman–Crippen LogP) is 2.38. The summed E-state index contributed by atoms with van der Waals surface area (Å²) < 4.78 is 0. The SMILES string of the molecule is CCC(CCN)CCC(=O)NCCCN1CCC(C)CC1. The zero-order valence-corrected chi connectivity index (χ0v) is 14.1. The van der Waals surface area contributed by atoms with Gasteiger partial charge in [-0.1, -0.05) is 20.3 Å². The fourth-order valence-corrected chi connectivity index (χ4v) is 3.03. The first-order valence-electron chi connectivity index (χ1n) is 8.84. The zero-order valence-electron chi connectivity index (χ0n) is 14.1. The van der Waals surface area contributed by atoms with Crippen molar-refractivity contribution in [2.24, 2.45) is 17.6 Å². The fourth-order valence-electron chi connectivity index (χ4n) is 3.03. The molecule has 1 heterocycles. The van der Waals surface area contributed by atoms with E-state index < -0.39 is 0 Å². The molecular weight excluding hydrogens is 262 g/mol. The molecule has 3 N–H and O–H groups in total. The van der Waals surface area contributed by atoms with E-state index in [-0.39, 0.29) is 5.91 Å². The maximum absolute atomic E-state index is 11.8. The smallest absolute Gasteiger partial charge is 0.220 e. The molecule has 0 aromatic rings. The molecule has 4 nitrogen and oxygen atoms in total. The number of carbonyl (C=O) groups excluding carboxylic acids is 1. The molecule has 0 bridgehead atoms. The Bertz CT molecular complexity index is 275. The molecular formula is C17H35N3O. The van der Waals surface area contributed by atoms with Crippen molar-refractivity contribution in [3.05, 3.63) is 0 Å². The van der Waals surface area contributed by atoms with Gasteiger partial charge in [0.05, 0.1) is 0 Å². The van der Waals surface area contributed by atoms with E-state index >= 15 is 0 Å². The van der Waals surface area contributed by atoms with Gasteiger partial charge in [0.25, 0.3) is 0 Å². The predicted molar refractivity (Wildman–Crippen MR) is 89.2 cm³/mol. The number of likely N-dealkylation sites (tertiary alicyclic amines) is 1. The van der Waals surface area contributed by atoms with Gasteiger partial charge in [-0.3, -0.25) is 4.79 Å². The summed E-state index contributed by atoms with van der Waals surface area (Å²) in [7, 11) is 0. The monoisotopic (exact) mass is 297 g/mol. The van der Waals surface area contributed by atoms with Crippen LogP contribution in [0.15, 0.2) is 0 Å². The molecule has 4 heteroatoms. The summed E-state index contributed by atoms with van der Waals surface area (Å²) >= 11 is 0. The third kappa shape index (κ3) is 8.42. The summed E-state index contributed by atoms with van der Waals surface area (Å²) in [5.74, 6) is 1.70. The summed E-state index contributed by atoms with van der Waals surface area (Å²) in [5, 5.41) is 3.06. The van der Waals surface area contributed by atoms with Gasteiger partial charge in [0.2, 0.25) is 5.91 Å². The summed E-state index contributed by atoms with van der Waals surface area (Å²) in [6, 6.07) is 0. The van der Waals surface area contributed by atoms with E-state index in [0.717, 1.165) is 51.2 Å². The second-order valence-electron chi connectivity index (χ2n) is 6.62. The Kier molecular flexibility index (Phi) is 9.68. The number of nitrogens with two attached hydrogens (primary N) is 1. The van der Waals surface area contributed by atoms with Gasteiger partial charge in [0, 0.05) is 13.0 Å². The lowest BCUT2D eigenvalue weighted by atomic mass is 9.96. The van der Waals surface area contributed by atoms with Gasteiger partial charge in [-0.15, -0.1) is 0 Å². The molecule has 0 saturated carbocycles. The molecule has 0 radical (unpaired) electrons. The molecule has 0 aliphatic carbocycles. The quantitative estimate of drug-likeness (QED) is 0.609. The van der Waals surface area contributed by atoms with Crippen molar-refractivity contribution >= 4 is 5.91 Å². The lowest BCUT2D eigenvalue weighted by Gasteiger charge is -2.30. The normalized spacial score (nSPS) is 18.6.